The second-order valence-corrected chi connectivity index (χ2v) is 6.37. The summed E-state index contributed by atoms with van der Waals surface area (Å²) in [5, 5.41) is 4.16. The largest absolute Gasteiger partial charge is 0.334 e. The lowest BCUT2D eigenvalue weighted by molar-refractivity contribution is 0.200. The van der Waals surface area contributed by atoms with Crippen molar-refractivity contribution in [3.05, 3.63) is 66.0 Å². The average Bonchev–Trinajstić information content (AvgIpc) is 3.13. The van der Waals surface area contributed by atoms with Crippen LogP contribution in [-0.4, -0.2) is 33.1 Å². The van der Waals surface area contributed by atoms with E-state index in [1.54, 1.807) is 24.5 Å². The summed E-state index contributed by atoms with van der Waals surface area (Å²) in [5.41, 5.74) is 1.90. The average molecular weight is 338 g/mol. The Morgan fingerprint density at radius 3 is 2.68 bits per heavy atom. The minimum absolute atomic E-state index is 0.178. The Kier molecular flexibility index (Phi) is 4.52. The second kappa shape index (κ2) is 7.11. The lowest BCUT2D eigenvalue weighted by Crippen LogP contribution is -2.32. The minimum atomic E-state index is -0.178. The number of hydrogen-bond donors (Lipinski definition) is 0. The molecule has 0 bridgehead atoms. The van der Waals surface area contributed by atoms with Crippen molar-refractivity contribution in [3.63, 3.8) is 0 Å². The van der Waals surface area contributed by atoms with Crippen molar-refractivity contribution in [2.45, 2.75) is 25.3 Å². The van der Waals surface area contributed by atoms with E-state index >= 15 is 0 Å². The van der Waals surface area contributed by atoms with Crippen molar-refractivity contribution in [1.29, 1.82) is 0 Å². The van der Waals surface area contributed by atoms with E-state index in [9.17, 15) is 4.39 Å². The van der Waals surface area contributed by atoms with Crippen molar-refractivity contribution in [3.8, 4) is 11.5 Å². The Balaban J connectivity index is 1.37. The van der Waals surface area contributed by atoms with Crippen LogP contribution in [0.15, 0.2) is 53.3 Å². The Morgan fingerprint density at radius 1 is 1.12 bits per heavy atom. The van der Waals surface area contributed by atoms with E-state index in [2.05, 4.69) is 20.0 Å². The van der Waals surface area contributed by atoms with Gasteiger partial charge in [-0.1, -0.05) is 17.3 Å². The molecule has 4 rings (SSSR count). The second-order valence-electron chi connectivity index (χ2n) is 6.37. The molecule has 1 aromatic carbocycles. The molecule has 0 aliphatic carbocycles. The highest BCUT2D eigenvalue weighted by atomic mass is 19.1. The molecule has 1 saturated heterocycles. The smallest absolute Gasteiger partial charge is 0.258 e. The number of nitrogens with zero attached hydrogens (tertiary/aromatic N) is 4. The molecular weight excluding hydrogens is 319 g/mol. The summed E-state index contributed by atoms with van der Waals surface area (Å²) >= 11 is 0. The first-order chi connectivity index (χ1) is 12.3. The molecular formula is C19H19FN4O. The number of rotatable bonds is 4. The summed E-state index contributed by atoms with van der Waals surface area (Å²) in [6.45, 7) is 2.67. The molecule has 1 aliphatic heterocycles. The van der Waals surface area contributed by atoms with Crippen molar-refractivity contribution < 1.29 is 8.91 Å². The molecule has 6 heteroatoms. The van der Waals surface area contributed by atoms with Crippen LogP contribution in [0.1, 0.15) is 30.1 Å². The number of piperidine rings is 1. The summed E-state index contributed by atoms with van der Waals surface area (Å²) in [6.07, 6.45) is 5.38. The highest BCUT2D eigenvalue weighted by Gasteiger charge is 2.25. The summed E-state index contributed by atoms with van der Waals surface area (Å²) in [4.78, 5) is 10.9. The maximum absolute atomic E-state index is 13.3. The van der Waals surface area contributed by atoms with E-state index in [-0.39, 0.29) is 5.82 Å². The lowest BCUT2D eigenvalue weighted by atomic mass is 9.96. The zero-order valence-corrected chi connectivity index (χ0v) is 13.8. The van der Waals surface area contributed by atoms with Crippen LogP contribution in [0, 0.1) is 5.82 Å². The first-order valence-electron chi connectivity index (χ1n) is 8.49. The van der Waals surface area contributed by atoms with Gasteiger partial charge < -0.3 is 4.52 Å². The third kappa shape index (κ3) is 3.74. The maximum Gasteiger partial charge on any atom is 0.258 e. The molecule has 0 unspecified atom stereocenters. The Morgan fingerprint density at radius 2 is 1.92 bits per heavy atom. The molecule has 1 fully saturated rings. The van der Waals surface area contributed by atoms with Crippen LogP contribution in [0.4, 0.5) is 4.39 Å². The topological polar surface area (TPSA) is 55.1 Å². The Bertz CT molecular complexity index is 828. The highest BCUT2D eigenvalue weighted by molar-refractivity contribution is 5.51. The van der Waals surface area contributed by atoms with Gasteiger partial charge in [-0.05, 0) is 55.8 Å². The van der Waals surface area contributed by atoms with E-state index in [0.717, 1.165) is 49.4 Å². The standard InChI is InChI=1S/C19H19FN4O/c20-17-3-1-2-14(12-17)13-24-10-6-15(7-11-24)18-22-19(25-23-18)16-4-8-21-9-5-16/h1-5,8-9,12,15H,6-7,10-11,13H2. The Labute approximate surface area is 145 Å². The van der Waals surface area contributed by atoms with Gasteiger partial charge in [0.15, 0.2) is 5.82 Å². The predicted octanol–water partition coefficient (Wildman–Crippen LogP) is 3.65. The molecule has 128 valence electrons. The number of hydrogen-bond acceptors (Lipinski definition) is 5. The lowest BCUT2D eigenvalue weighted by Gasteiger charge is -2.30. The van der Waals surface area contributed by atoms with Crippen molar-refractivity contribution in [2.24, 2.45) is 0 Å². The molecule has 0 radical (unpaired) electrons. The van der Waals surface area contributed by atoms with Gasteiger partial charge in [0.05, 0.1) is 0 Å². The zero-order valence-electron chi connectivity index (χ0n) is 13.8. The molecule has 2 aromatic heterocycles. The van der Waals surface area contributed by atoms with Crippen LogP contribution in [-0.2, 0) is 6.54 Å². The fourth-order valence-electron chi connectivity index (χ4n) is 3.26. The molecule has 3 aromatic rings. The summed E-state index contributed by atoms with van der Waals surface area (Å²) in [6, 6.07) is 10.5. The molecule has 5 nitrogen and oxygen atoms in total. The van der Waals surface area contributed by atoms with E-state index in [1.807, 2.05) is 18.2 Å². The van der Waals surface area contributed by atoms with Crippen LogP contribution in [0.25, 0.3) is 11.5 Å². The van der Waals surface area contributed by atoms with Gasteiger partial charge in [-0.25, -0.2) is 4.39 Å². The summed E-state index contributed by atoms with van der Waals surface area (Å²) in [5.74, 6) is 1.45. The number of likely N-dealkylation sites (tertiary alicyclic amines) is 1. The normalized spacial score (nSPS) is 16.2. The molecule has 0 spiro atoms. The molecule has 3 heterocycles. The summed E-state index contributed by atoms with van der Waals surface area (Å²) in [7, 11) is 0. The third-order valence-corrected chi connectivity index (χ3v) is 4.62. The van der Waals surface area contributed by atoms with Crippen LogP contribution >= 0.6 is 0 Å². The van der Waals surface area contributed by atoms with Gasteiger partial charge in [0, 0.05) is 30.4 Å². The number of aromatic nitrogens is 3. The molecule has 0 atom stereocenters. The van der Waals surface area contributed by atoms with E-state index < -0.39 is 0 Å². The summed E-state index contributed by atoms with van der Waals surface area (Å²) < 4.78 is 18.7. The van der Waals surface area contributed by atoms with Gasteiger partial charge in [-0.2, -0.15) is 4.98 Å². The predicted molar refractivity (Wildman–Crippen MR) is 91.2 cm³/mol. The van der Waals surface area contributed by atoms with Crippen molar-refractivity contribution >= 4 is 0 Å². The maximum atomic E-state index is 13.3. The van der Waals surface area contributed by atoms with Gasteiger partial charge in [0.2, 0.25) is 0 Å². The van der Waals surface area contributed by atoms with Crippen LogP contribution in [0.5, 0.6) is 0 Å². The SMILES string of the molecule is Fc1cccc(CN2CCC(c3noc(-c4ccncc4)n3)CC2)c1. The first-order valence-corrected chi connectivity index (χ1v) is 8.49. The third-order valence-electron chi connectivity index (χ3n) is 4.62. The molecule has 0 saturated carbocycles. The van der Waals surface area contributed by atoms with Gasteiger partial charge >= 0.3 is 0 Å². The quantitative estimate of drug-likeness (QED) is 0.727. The van der Waals surface area contributed by atoms with Gasteiger partial charge in [0.25, 0.3) is 5.89 Å². The van der Waals surface area contributed by atoms with E-state index in [1.165, 1.54) is 6.07 Å². The van der Waals surface area contributed by atoms with Crippen molar-refractivity contribution in [2.75, 3.05) is 13.1 Å². The fraction of sp³-hybridized carbons (Fsp3) is 0.316. The van der Waals surface area contributed by atoms with Crippen LogP contribution in [0.3, 0.4) is 0 Å². The fourth-order valence-corrected chi connectivity index (χ4v) is 3.26. The van der Waals surface area contributed by atoms with E-state index in [4.69, 9.17) is 4.52 Å². The molecule has 25 heavy (non-hydrogen) atoms. The molecule has 1 aliphatic rings. The number of pyridine rings is 1. The van der Waals surface area contributed by atoms with E-state index in [0.29, 0.717) is 11.8 Å². The number of benzene rings is 1. The highest BCUT2D eigenvalue weighted by Crippen LogP contribution is 2.28. The Hall–Kier alpha value is -2.60. The molecule has 0 amide bonds. The van der Waals surface area contributed by atoms with Gasteiger partial charge in [0.1, 0.15) is 5.82 Å². The monoisotopic (exact) mass is 338 g/mol. The first kappa shape index (κ1) is 15.9. The van der Waals surface area contributed by atoms with Gasteiger partial charge in [-0.15, -0.1) is 0 Å². The van der Waals surface area contributed by atoms with Crippen LogP contribution < -0.4 is 0 Å². The van der Waals surface area contributed by atoms with Crippen LogP contribution in [0.2, 0.25) is 0 Å². The molecule has 0 N–H and O–H groups in total. The van der Waals surface area contributed by atoms with Gasteiger partial charge in [-0.3, -0.25) is 9.88 Å². The number of halogens is 1. The zero-order chi connectivity index (χ0) is 17.1. The minimum Gasteiger partial charge on any atom is -0.334 e. The van der Waals surface area contributed by atoms with Crippen molar-refractivity contribution in [1.82, 2.24) is 20.0 Å².